The lowest BCUT2D eigenvalue weighted by molar-refractivity contribution is 0.889. The summed E-state index contributed by atoms with van der Waals surface area (Å²) in [6, 6.07) is 9.80. The fourth-order valence-corrected chi connectivity index (χ4v) is 4.02. The first-order valence-electron chi connectivity index (χ1n) is 7.79. The van der Waals surface area contributed by atoms with Crippen molar-refractivity contribution < 1.29 is 0 Å². The molecule has 0 saturated heterocycles. The summed E-state index contributed by atoms with van der Waals surface area (Å²) in [4.78, 5) is 21.1. The van der Waals surface area contributed by atoms with Crippen LogP contribution in [-0.2, 0) is 6.42 Å². The monoisotopic (exact) mass is 369 g/mol. The van der Waals surface area contributed by atoms with Gasteiger partial charge in [0.1, 0.15) is 5.01 Å². The first-order valence-corrected chi connectivity index (χ1v) is 9.49. The summed E-state index contributed by atoms with van der Waals surface area (Å²) in [6.07, 6.45) is 2.29. The van der Waals surface area contributed by atoms with E-state index in [1.54, 1.807) is 11.3 Å². The minimum absolute atomic E-state index is 0.170. The fourth-order valence-electron chi connectivity index (χ4n) is 2.36. The van der Waals surface area contributed by atoms with Crippen molar-refractivity contribution in [1.82, 2.24) is 19.6 Å². The van der Waals surface area contributed by atoms with Crippen LogP contribution in [0.15, 0.2) is 46.7 Å². The van der Waals surface area contributed by atoms with Gasteiger partial charge in [-0.3, -0.25) is 4.79 Å². The van der Waals surface area contributed by atoms with E-state index in [0.29, 0.717) is 16.6 Å². The van der Waals surface area contributed by atoms with Gasteiger partial charge in [0, 0.05) is 36.2 Å². The lowest BCUT2D eigenvalue weighted by Crippen LogP contribution is -2.13. The molecule has 25 heavy (non-hydrogen) atoms. The van der Waals surface area contributed by atoms with Crippen molar-refractivity contribution >= 4 is 32.8 Å². The van der Waals surface area contributed by atoms with Crippen molar-refractivity contribution in [1.29, 1.82) is 0 Å². The van der Waals surface area contributed by atoms with Gasteiger partial charge >= 0.3 is 0 Å². The average Bonchev–Trinajstić information content (AvgIpc) is 3.23. The number of nitrogens with one attached hydrogen (secondary N) is 1. The molecule has 1 N–H and O–H groups in total. The highest BCUT2D eigenvalue weighted by atomic mass is 32.1. The third kappa shape index (κ3) is 3.45. The van der Waals surface area contributed by atoms with Crippen LogP contribution in [-0.4, -0.2) is 26.1 Å². The average molecular weight is 369 g/mol. The van der Waals surface area contributed by atoms with Crippen LogP contribution in [0, 0.1) is 6.92 Å². The second-order valence-electron chi connectivity index (χ2n) is 5.57. The molecule has 0 aliphatic carbocycles. The number of hydrogen-bond acceptors (Lipinski definition) is 7. The quantitative estimate of drug-likeness (QED) is 0.585. The van der Waals surface area contributed by atoms with E-state index in [0.717, 1.165) is 22.7 Å². The topological polar surface area (TPSA) is 72.2 Å². The van der Waals surface area contributed by atoms with Crippen LogP contribution in [0.5, 0.6) is 0 Å². The molecule has 0 bridgehead atoms. The lowest BCUT2D eigenvalue weighted by atomic mass is 10.2. The third-order valence-corrected chi connectivity index (χ3v) is 5.50. The highest BCUT2D eigenvalue weighted by Crippen LogP contribution is 2.24. The Balaban J connectivity index is 1.40. The number of nitrogens with zero attached hydrogens (tertiary/aromatic N) is 4. The number of aromatic nitrogens is 4. The van der Waals surface area contributed by atoms with Crippen molar-refractivity contribution in [3.63, 3.8) is 0 Å². The molecule has 0 unspecified atom stereocenters. The van der Waals surface area contributed by atoms with Crippen LogP contribution in [0.2, 0.25) is 0 Å². The van der Waals surface area contributed by atoms with Gasteiger partial charge in [-0.15, -0.1) is 16.4 Å². The summed E-state index contributed by atoms with van der Waals surface area (Å²) in [5, 5.41) is 11.3. The molecule has 0 aliphatic rings. The SMILES string of the molecule is Cc1ccc(-c2nc(CCNc3nn4c(=O)ccnc4s3)cs2)cc1. The Kier molecular flexibility index (Phi) is 4.29. The van der Waals surface area contributed by atoms with Crippen LogP contribution in [0.3, 0.4) is 0 Å². The molecule has 3 heterocycles. The van der Waals surface area contributed by atoms with Crippen molar-refractivity contribution in [2.24, 2.45) is 0 Å². The second-order valence-corrected chi connectivity index (χ2v) is 7.39. The zero-order valence-electron chi connectivity index (χ0n) is 13.5. The summed E-state index contributed by atoms with van der Waals surface area (Å²) >= 11 is 3.01. The molecule has 8 heteroatoms. The molecule has 0 aliphatic heterocycles. The van der Waals surface area contributed by atoms with E-state index in [4.69, 9.17) is 4.98 Å². The summed E-state index contributed by atoms with van der Waals surface area (Å²) in [6.45, 7) is 2.78. The van der Waals surface area contributed by atoms with Crippen molar-refractivity contribution in [3.8, 4) is 10.6 Å². The molecule has 0 saturated carbocycles. The highest BCUT2D eigenvalue weighted by Gasteiger charge is 2.07. The predicted molar refractivity (Wildman–Crippen MR) is 102 cm³/mol. The van der Waals surface area contributed by atoms with E-state index in [2.05, 4.69) is 52.0 Å². The van der Waals surface area contributed by atoms with Crippen molar-refractivity contribution in [2.45, 2.75) is 13.3 Å². The minimum Gasteiger partial charge on any atom is -0.360 e. The lowest BCUT2D eigenvalue weighted by Gasteiger charge is -1.99. The molecule has 0 amide bonds. The third-order valence-electron chi connectivity index (χ3n) is 3.68. The second kappa shape index (κ2) is 6.73. The summed E-state index contributed by atoms with van der Waals surface area (Å²) in [5.74, 6) is 0. The number of aryl methyl sites for hydroxylation is 1. The number of fused-ring (bicyclic) bond motifs is 1. The number of thiazole rings is 1. The van der Waals surface area contributed by atoms with E-state index in [9.17, 15) is 4.79 Å². The highest BCUT2D eigenvalue weighted by molar-refractivity contribution is 7.20. The number of rotatable bonds is 5. The maximum atomic E-state index is 11.7. The van der Waals surface area contributed by atoms with Crippen LogP contribution in [0.25, 0.3) is 15.5 Å². The largest absolute Gasteiger partial charge is 0.360 e. The summed E-state index contributed by atoms with van der Waals surface area (Å²) in [7, 11) is 0. The molecule has 0 spiro atoms. The zero-order chi connectivity index (χ0) is 17.2. The summed E-state index contributed by atoms with van der Waals surface area (Å²) < 4.78 is 1.31. The van der Waals surface area contributed by atoms with Gasteiger partial charge < -0.3 is 5.32 Å². The Hall–Kier alpha value is -2.58. The van der Waals surface area contributed by atoms with E-state index in [1.807, 2.05) is 0 Å². The van der Waals surface area contributed by atoms with Gasteiger partial charge in [-0.05, 0) is 6.92 Å². The van der Waals surface area contributed by atoms with Crippen LogP contribution >= 0.6 is 22.7 Å². The van der Waals surface area contributed by atoms with E-state index >= 15 is 0 Å². The van der Waals surface area contributed by atoms with Crippen LogP contribution < -0.4 is 10.9 Å². The molecule has 4 aromatic rings. The molecule has 126 valence electrons. The van der Waals surface area contributed by atoms with Crippen molar-refractivity contribution in [3.05, 3.63) is 63.5 Å². The molecular weight excluding hydrogens is 354 g/mol. The van der Waals surface area contributed by atoms with Gasteiger partial charge in [0.25, 0.3) is 5.56 Å². The van der Waals surface area contributed by atoms with Crippen molar-refractivity contribution in [2.75, 3.05) is 11.9 Å². The van der Waals surface area contributed by atoms with Crippen LogP contribution in [0.1, 0.15) is 11.3 Å². The van der Waals surface area contributed by atoms with Gasteiger partial charge in [0.15, 0.2) is 0 Å². The Labute approximate surface area is 151 Å². The van der Waals surface area contributed by atoms with Gasteiger partial charge in [0.2, 0.25) is 10.1 Å². The number of anilines is 1. The maximum Gasteiger partial charge on any atom is 0.275 e. The van der Waals surface area contributed by atoms with Gasteiger partial charge in [-0.2, -0.15) is 4.52 Å². The first-order chi connectivity index (χ1) is 12.2. The predicted octanol–water partition coefficient (Wildman–Crippen LogP) is 3.24. The summed E-state index contributed by atoms with van der Waals surface area (Å²) in [5.41, 5.74) is 3.27. The Morgan fingerprint density at radius 1 is 1.20 bits per heavy atom. The molecule has 6 nitrogen and oxygen atoms in total. The molecule has 0 fully saturated rings. The zero-order valence-corrected chi connectivity index (χ0v) is 15.1. The Bertz CT molecular complexity index is 1060. The molecule has 3 aromatic heterocycles. The molecule has 0 atom stereocenters. The molecular formula is C17H15N5OS2. The van der Waals surface area contributed by atoms with Gasteiger partial charge in [-0.25, -0.2) is 9.97 Å². The molecule has 1 aromatic carbocycles. The maximum absolute atomic E-state index is 11.7. The van der Waals surface area contributed by atoms with E-state index in [-0.39, 0.29) is 5.56 Å². The Morgan fingerprint density at radius 3 is 2.84 bits per heavy atom. The molecule has 0 radical (unpaired) electrons. The number of benzene rings is 1. The minimum atomic E-state index is -0.170. The van der Waals surface area contributed by atoms with Gasteiger partial charge in [0.05, 0.1) is 5.69 Å². The fraction of sp³-hybridized carbons (Fsp3) is 0.176. The van der Waals surface area contributed by atoms with Crippen LogP contribution in [0.4, 0.5) is 5.13 Å². The van der Waals surface area contributed by atoms with E-state index < -0.39 is 0 Å². The standard InChI is InChI=1S/C17H15N5OS2/c1-11-2-4-12(5-3-11)15-20-13(10-24-15)6-8-18-16-21-22-14(23)7-9-19-17(22)25-16/h2-5,7,9-10H,6,8H2,1H3,(H,18,21). The molecule has 4 rings (SSSR count). The first kappa shape index (κ1) is 15.9. The van der Waals surface area contributed by atoms with E-state index in [1.165, 1.54) is 33.7 Å². The Morgan fingerprint density at radius 2 is 2.04 bits per heavy atom. The normalized spacial score (nSPS) is 11.1. The smallest absolute Gasteiger partial charge is 0.275 e. The van der Waals surface area contributed by atoms with Gasteiger partial charge in [-0.1, -0.05) is 41.2 Å². The number of hydrogen-bond donors (Lipinski definition) is 1.